The SMILES string of the molecule is CC(C)(C)c1nc(CN2Cc3ccccc3C[C@H]2C(N)=O)no1. The molecule has 0 saturated heterocycles. The van der Waals surface area contributed by atoms with Crippen LogP contribution in [0, 0.1) is 0 Å². The molecule has 0 aliphatic carbocycles. The van der Waals surface area contributed by atoms with Crippen LogP contribution in [0.3, 0.4) is 0 Å². The maximum atomic E-state index is 11.8. The topological polar surface area (TPSA) is 85.3 Å². The summed E-state index contributed by atoms with van der Waals surface area (Å²) in [5, 5.41) is 4.05. The Morgan fingerprint density at radius 1 is 1.35 bits per heavy atom. The van der Waals surface area contributed by atoms with Crippen LogP contribution in [0.2, 0.25) is 0 Å². The Balaban J connectivity index is 1.83. The number of carbonyl (C=O) groups is 1. The van der Waals surface area contributed by atoms with E-state index in [-0.39, 0.29) is 17.4 Å². The quantitative estimate of drug-likeness (QED) is 0.933. The first-order valence-electron chi connectivity index (χ1n) is 7.78. The number of hydrogen-bond donors (Lipinski definition) is 1. The summed E-state index contributed by atoms with van der Waals surface area (Å²) in [5.41, 5.74) is 7.80. The number of hydrogen-bond acceptors (Lipinski definition) is 5. The maximum absolute atomic E-state index is 11.8. The highest BCUT2D eigenvalue weighted by atomic mass is 16.5. The predicted molar refractivity (Wildman–Crippen MR) is 85.4 cm³/mol. The number of nitrogens with two attached hydrogens (primary N) is 1. The highest BCUT2D eigenvalue weighted by molar-refractivity contribution is 5.80. The summed E-state index contributed by atoms with van der Waals surface area (Å²) in [7, 11) is 0. The van der Waals surface area contributed by atoms with Gasteiger partial charge in [0.2, 0.25) is 11.8 Å². The molecule has 2 heterocycles. The summed E-state index contributed by atoms with van der Waals surface area (Å²) >= 11 is 0. The maximum Gasteiger partial charge on any atom is 0.235 e. The van der Waals surface area contributed by atoms with Gasteiger partial charge in [-0.15, -0.1) is 0 Å². The number of aromatic nitrogens is 2. The summed E-state index contributed by atoms with van der Waals surface area (Å²) in [5.74, 6) is 0.861. The van der Waals surface area contributed by atoms with Gasteiger partial charge in [0.15, 0.2) is 5.82 Å². The molecule has 3 rings (SSSR count). The zero-order chi connectivity index (χ0) is 16.6. The van der Waals surface area contributed by atoms with Gasteiger partial charge in [-0.05, 0) is 17.5 Å². The van der Waals surface area contributed by atoms with Crippen molar-refractivity contribution in [2.45, 2.75) is 51.7 Å². The molecular weight excluding hydrogens is 292 g/mol. The third kappa shape index (κ3) is 3.27. The first-order valence-corrected chi connectivity index (χ1v) is 7.78. The lowest BCUT2D eigenvalue weighted by Gasteiger charge is -2.34. The lowest BCUT2D eigenvalue weighted by molar-refractivity contribution is -0.124. The number of rotatable bonds is 3. The van der Waals surface area contributed by atoms with Crippen LogP contribution < -0.4 is 5.73 Å². The molecule has 122 valence electrons. The van der Waals surface area contributed by atoms with E-state index in [1.165, 1.54) is 11.1 Å². The van der Waals surface area contributed by atoms with Crippen molar-refractivity contribution in [1.29, 1.82) is 0 Å². The van der Waals surface area contributed by atoms with Crippen LogP contribution in [-0.2, 0) is 29.7 Å². The summed E-state index contributed by atoms with van der Waals surface area (Å²) < 4.78 is 5.33. The standard InChI is InChI=1S/C17H22N4O2/c1-17(2,3)16-19-14(20-23-16)10-21-9-12-7-5-4-6-11(12)8-13(21)15(18)22/h4-7,13H,8-10H2,1-3H3,(H2,18,22)/t13-/m0/s1. The molecule has 2 N–H and O–H groups in total. The van der Waals surface area contributed by atoms with Crippen LogP contribution in [0.15, 0.2) is 28.8 Å². The highest BCUT2D eigenvalue weighted by Gasteiger charge is 2.31. The molecule has 0 radical (unpaired) electrons. The van der Waals surface area contributed by atoms with Gasteiger partial charge in [0.1, 0.15) is 0 Å². The highest BCUT2D eigenvalue weighted by Crippen LogP contribution is 2.25. The van der Waals surface area contributed by atoms with Crippen molar-refractivity contribution < 1.29 is 9.32 Å². The molecule has 1 aliphatic rings. The van der Waals surface area contributed by atoms with Gasteiger partial charge in [-0.25, -0.2) is 0 Å². The predicted octanol–water partition coefficient (Wildman–Crippen LogP) is 1.78. The van der Waals surface area contributed by atoms with E-state index >= 15 is 0 Å². The minimum atomic E-state index is -0.346. The van der Waals surface area contributed by atoms with Gasteiger partial charge in [-0.1, -0.05) is 50.2 Å². The lowest BCUT2D eigenvalue weighted by Crippen LogP contribution is -2.48. The Labute approximate surface area is 135 Å². The molecule has 23 heavy (non-hydrogen) atoms. The second-order valence-corrected chi connectivity index (χ2v) is 7.06. The van der Waals surface area contributed by atoms with Gasteiger partial charge in [0.05, 0.1) is 12.6 Å². The molecular formula is C17H22N4O2. The summed E-state index contributed by atoms with van der Waals surface area (Å²) in [6, 6.07) is 7.78. The normalized spacial score (nSPS) is 18.7. The first kappa shape index (κ1) is 15.7. The average Bonchev–Trinajstić information content (AvgIpc) is 2.95. The van der Waals surface area contributed by atoms with Crippen LogP contribution in [0.4, 0.5) is 0 Å². The molecule has 6 nitrogen and oxygen atoms in total. The minimum absolute atomic E-state index is 0.192. The fourth-order valence-corrected chi connectivity index (χ4v) is 2.83. The van der Waals surface area contributed by atoms with Crippen molar-refractivity contribution in [1.82, 2.24) is 15.0 Å². The van der Waals surface area contributed by atoms with Gasteiger partial charge in [-0.2, -0.15) is 4.98 Å². The van der Waals surface area contributed by atoms with Crippen LogP contribution in [-0.4, -0.2) is 27.0 Å². The van der Waals surface area contributed by atoms with Gasteiger partial charge < -0.3 is 10.3 Å². The fraction of sp³-hybridized carbons (Fsp3) is 0.471. The zero-order valence-corrected chi connectivity index (χ0v) is 13.7. The Bertz CT molecular complexity index is 717. The van der Waals surface area contributed by atoms with Crippen LogP contribution >= 0.6 is 0 Å². The molecule has 6 heteroatoms. The molecule has 0 fully saturated rings. The third-order valence-corrected chi connectivity index (χ3v) is 4.13. The molecule has 1 aliphatic heterocycles. The summed E-state index contributed by atoms with van der Waals surface area (Å²) in [4.78, 5) is 18.3. The summed E-state index contributed by atoms with van der Waals surface area (Å²) in [6.07, 6.45) is 0.621. The smallest absolute Gasteiger partial charge is 0.235 e. The third-order valence-electron chi connectivity index (χ3n) is 4.13. The number of nitrogens with zero attached hydrogens (tertiary/aromatic N) is 3. The second kappa shape index (κ2) is 5.77. The average molecular weight is 314 g/mol. The number of fused-ring (bicyclic) bond motifs is 1. The number of carbonyl (C=O) groups excluding carboxylic acids is 1. The van der Waals surface area contributed by atoms with Gasteiger partial charge in [0.25, 0.3) is 0 Å². The van der Waals surface area contributed by atoms with Crippen molar-refractivity contribution in [2.24, 2.45) is 5.73 Å². The van der Waals surface area contributed by atoms with Gasteiger partial charge >= 0.3 is 0 Å². The van der Waals surface area contributed by atoms with Crippen molar-refractivity contribution >= 4 is 5.91 Å². The van der Waals surface area contributed by atoms with E-state index in [1.54, 1.807) is 0 Å². The monoisotopic (exact) mass is 314 g/mol. The molecule has 0 bridgehead atoms. The van der Waals surface area contributed by atoms with E-state index in [0.29, 0.717) is 31.2 Å². The first-order chi connectivity index (χ1) is 10.8. The molecule has 0 spiro atoms. The van der Waals surface area contributed by atoms with Crippen molar-refractivity contribution in [3.05, 3.63) is 47.1 Å². The van der Waals surface area contributed by atoms with E-state index in [1.807, 2.05) is 37.8 Å². The van der Waals surface area contributed by atoms with Crippen molar-refractivity contribution in [3.8, 4) is 0 Å². The lowest BCUT2D eigenvalue weighted by atomic mass is 9.93. The van der Waals surface area contributed by atoms with E-state index < -0.39 is 0 Å². The van der Waals surface area contributed by atoms with Crippen LogP contribution in [0.25, 0.3) is 0 Å². The molecule has 2 aromatic rings. The number of amides is 1. The Morgan fingerprint density at radius 3 is 2.65 bits per heavy atom. The molecule has 1 aromatic carbocycles. The Hall–Kier alpha value is -2.21. The zero-order valence-electron chi connectivity index (χ0n) is 13.7. The minimum Gasteiger partial charge on any atom is -0.368 e. The molecule has 0 unspecified atom stereocenters. The molecule has 1 atom stereocenters. The Kier molecular flexibility index (Phi) is 3.93. The van der Waals surface area contributed by atoms with Crippen molar-refractivity contribution in [3.63, 3.8) is 0 Å². The van der Waals surface area contributed by atoms with Gasteiger partial charge in [0, 0.05) is 12.0 Å². The molecule has 0 saturated carbocycles. The van der Waals surface area contributed by atoms with Crippen molar-refractivity contribution in [2.75, 3.05) is 0 Å². The Morgan fingerprint density at radius 2 is 2.04 bits per heavy atom. The fourth-order valence-electron chi connectivity index (χ4n) is 2.83. The van der Waals surface area contributed by atoms with E-state index in [0.717, 1.165) is 0 Å². The van der Waals surface area contributed by atoms with Crippen LogP contribution in [0.5, 0.6) is 0 Å². The van der Waals surface area contributed by atoms with E-state index in [4.69, 9.17) is 10.3 Å². The summed E-state index contributed by atoms with van der Waals surface area (Å²) in [6.45, 7) is 7.17. The van der Waals surface area contributed by atoms with Crippen LogP contribution in [0.1, 0.15) is 43.6 Å². The molecule has 1 aromatic heterocycles. The van der Waals surface area contributed by atoms with Gasteiger partial charge in [-0.3, -0.25) is 9.69 Å². The van der Waals surface area contributed by atoms with E-state index in [9.17, 15) is 4.79 Å². The number of benzene rings is 1. The molecule has 1 amide bonds. The largest absolute Gasteiger partial charge is 0.368 e. The van der Waals surface area contributed by atoms with E-state index in [2.05, 4.69) is 22.3 Å². The second-order valence-electron chi connectivity index (χ2n) is 7.06. The number of primary amides is 1.